The number of anilines is 2. The number of hydrogen-bond donors (Lipinski definition) is 1. The zero-order chi connectivity index (χ0) is 21.0. The predicted octanol–water partition coefficient (Wildman–Crippen LogP) is 3.97. The first-order chi connectivity index (χ1) is 13.9. The van der Waals surface area contributed by atoms with Crippen LogP contribution in [-0.4, -0.2) is 34.3 Å². The Hall–Kier alpha value is -2.89. The van der Waals surface area contributed by atoms with Crippen LogP contribution in [0.15, 0.2) is 18.3 Å². The number of hydrogen-bond acceptors (Lipinski definition) is 6. The van der Waals surface area contributed by atoms with Gasteiger partial charge in [0.2, 0.25) is 0 Å². The minimum atomic E-state index is -4.38. The van der Waals surface area contributed by atoms with Crippen molar-refractivity contribution in [3.8, 4) is 6.07 Å². The molecule has 0 spiro atoms. The van der Waals surface area contributed by atoms with Crippen LogP contribution in [0, 0.1) is 11.3 Å². The molecule has 3 heterocycles. The smallest absolute Gasteiger partial charge is 0.365 e. The Balaban J connectivity index is 1.65. The zero-order valence-electron chi connectivity index (χ0n) is 16.4. The average Bonchev–Trinajstić information content (AvgIpc) is 2.73. The second kappa shape index (κ2) is 8.64. The predicted molar refractivity (Wildman–Crippen MR) is 104 cm³/mol. The van der Waals surface area contributed by atoms with Crippen molar-refractivity contribution in [2.75, 3.05) is 23.3 Å². The lowest BCUT2D eigenvalue weighted by atomic mass is 10.0. The molecule has 29 heavy (non-hydrogen) atoms. The van der Waals surface area contributed by atoms with Crippen molar-refractivity contribution < 1.29 is 13.2 Å². The van der Waals surface area contributed by atoms with Gasteiger partial charge in [0.1, 0.15) is 17.5 Å². The van der Waals surface area contributed by atoms with Gasteiger partial charge in [-0.15, -0.1) is 5.10 Å². The molecule has 0 radical (unpaired) electrons. The Kier molecular flexibility index (Phi) is 6.20. The van der Waals surface area contributed by atoms with E-state index in [1.165, 1.54) is 6.07 Å². The van der Waals surface area contributed by atoms with Crippen LogP contribution in [-0.2, 0) is 19.0 Å². The molecule has 2 aromatic heterocycles. The summed E-state index contributed by atoms with van der Waals surface area (Å²) in [5.74, 6) is 1.04. The SMILES string of the molecule is CCc1nnc(NC2CCN(c3ccc(C(F)(F)F)cn3)CC2)c(C#N)c1CC. The minimum absolute atomic E-state index is 0.110. The molecule has 0 saturated carbocycles. The summed E-state index contributed by atoms with van der Waals surface area (Å²) in [4.78, 5) is 5.93. The van der Waals surface area contributed by atoms with Crippen LogP contribution in [0.1, 0.15) is 49.1 Å². The summed E-state index contributed by atoms with van der Waals surface area (Å²) in [5.41, 5.74) is 1.57. The van der Waals surface area contributed by atoms with Crippen LogP contribution in [0.5, 0.6) is 0 Å². The first kappa shape index (κ1) is 20.8. The first-order valence-corrected chi connectivity index (χ1v) is 9.70. The van der Waals surface area contributed by atoms with Gasteiger partial charge in [0.15, 0.2) is 5.82 Å². The number of aromatic nitrogens is 3. The van der Waals surface area contributed by atoms with Gasteiger partial charge in [-0.3, -0.25) is 0 Å². The summed E-state index contributed by atoms with van der Waals surface area (Å²) in [7, 11) is 0. The van der Waals surface area contributed by atoms with Gasteiger partial charge in [-0.1, -0.05) is 13.8 Å². The quantitative estimate of drug-likeness (QED) is 0.813. The minimum Gasteiger partial charge on any atom is -0.365 e. The van der Waals surface area contributed by atoms with Crippen molar-refractivity contribution in [2.24, 2.45) is 0 Å². The third kappa shape index (κ3) is 4.58. The number of nitriles is 1. The lowest BCUT2D eigenvalue weighted by Gasteiger charge is -2.33. The van der Waals surface area contributed by atoms with E-state index < -0.39 is 11.7 Å². The number of alkyl halides is 3. The number of rotatable bonds is 5. The van der Waals surface area contributed by atoms with Gasteiger partial charge in [0.05, 0.1) is 11.3 Å². The molecule has 1 aliphatic rings. The van der Waals surface area contributed by atoms with Crippen LogP contribution in [0.4, 0.5) is 24.8 Å². The highest BCUT2D eigenvalue weighted by Crippen LogP contribution is 2.30. The molecular formula is C20H23F3N6. The van der Waals surface area contributed by atoms with E-state index in [1.807, 2.05) is 18.7 Å². The van der Waals surface area contributed by atoms with Gasteiger partial charge in [-0.25, -0.2) is 4.98 Å². The Labute approximate surface area is 167 Å². The van der Waals surface area contributed by atoms with Gasteiger partial charge in [0.25, 0.3) is 0 Å². The molecule has 1 N–H and O–H groups in total. The highest BCUT2D eigenvalue weighted by atomic mass is 19.4. The van der Waals surface area contributed by atoms with E-state index in [1.54, 1.807) is 0 Å². The van der Waals surface area contributed by atoms with Crippen molar-refractivity contribution in [1.82, 2.24) is 15.2 Å². The van der Waals surface area contributed by atoms with E-state index in [4.69, 9.17) is 0 Å². The summed E-state index contributed by atoms with van der Waals surface area (Å²) in [6.45, 7) is 5.29. The molecule has 1 saturated heterocycles. The number of aryl methyl sites for hydroxylation is 1. The van der Waals surface area contributed by atoms with Gasteiger partial charge in [-0.2, -0.15) is 23.5 Å². The molecule has 0 unspecified atom stereocenters. The molecule has 154 valence electrons. The van der Waals surface area contributed by atoms with Crippen molar-refractivity contribution in [1.29, 1.82) is 5.26 Å². The molecule has 0 aromatic carbocycles. The second-order valence-corrected chi connectivity index (χ2v) is 6.98. The molecule has 0 bridgehead atoms. The standard InChI is InChI=1S/C20H23F3N6/c1-3-15-16(11-24)19(28-27-17(15)4-2)26-14-7-9-29(10-8-14)18-6-5-13(12-25-18)20(21,22)23/h5-6,12,14H,3-4,7-10H2,1-2H3,(H,26,28). The Bertz CT molecular complexity index is 881. The molecule has 9 heteroatoms. The van der Waals surface area contributed by atoms with E-state index in [0.29, 0.717) is 36.7 Å². The molecular weight excluding hydrogens is 381 g/mol. The van der Waals surface area contributed by atoms with Crippen molar-refractivity contribution in [2.45, 2.75) is 51.7 Å². The van der Waals surface area contributed by atoms with Crippen molar-refractivity contribution in [3.05, 3.63) is 40.7 Å². The van der Waals surface area contributed by atoms with E-state index in [9.17, 15) is 18.4 Å². The molecule has 2 aromatic rings. The molecule has 0 amide bonds. The number of piperidine rings is 1. The molecule has 0 atom stereocenters. The van der Waals surface area contributed by atoms with Crippen molar-refractivity contribution in [3.63, 3.8) is 0 Å². The molecule has 0 aliphatic carbocycles. The molecule has 3 rings (SSSR count). The van der Waals surface area contributed by atoms with Crippen LogP contribution in [0.25, 0.3) is 0 Å². The Morgan fingerprint density at radius 2 is 1.90 bits per heavy atom. The van der Waals surface area contributed by atoms with Gasteiger partial charge in [-0.05, 0) is 43.4 Å². The van der Waals surface area contributed by atoms with Crippen LogP contribution in [0.3, 0.4) is 0 Å². The monoisotopic (exact) mass is 404 g/mol. The van der Waals surface area contributed by atoms with E-state index in [2.05, 4.69) is 26.6 Å². The van der Waals surface area contributed by atoms with Crippen LogP contribution in [0.2, 0.25) is 0 Å². The molecule has 6 nitrogen and oxygen atoms in total. The number of nitrogens with zero attached hydrogens (tertiary/aromatic N) is 5. The van der Waals surface area contributed by atoms with Gasteiger partial charge in [0, 0.05) is 25.3 Å². The Morgan fingerprint density at radius 1 is 1.17 bits per heavy atom. The largest absolute Gasteiger partial charge is 0.417 e. The average molecular weight is 404 g/mol. The topological polar surface area (TPSA) is 77.7 Å². The van der Waals surface area contributed by atoms with Crippen LogP contribution >= 0.6 is 0 Å². The highest BCUT2D eigenvalue weighted by Gasteiger charge is 2.31. The third-order valence-electron chi connectivity index (χ3n) is 5.19. The fourth-order valence-electron chi connectivity index (χ4n) is 3.58. The molecule has 1 fully saturated rings. The lowest BCUT2D eigenvalue weighted by Crippen LogP contribution is -2.40. The summed E-state index contributed by atoms with van der Waals surface area (Å²) >= 11 is 0. The fourth-order valence-corrected chi connectivity index (χ4v) is 3.58. The maximum atomic E-state index is 12.7. The van der Waals surface area contributed by atoms with E-state index >= 15 is 0 Å². The molecule has 1 aliphatic heterocycles. The van der Waals surface area contributed by atoms with E-state index in [0.717, 1.165) is 42.8 Å². The Morgan fingerprint density at radius 3 is 2.41 bits per heavy atom. The zero-order valence-corrected chi connectivity index (χ0v) is 16.4. The van der Waals surface area contributed by atoms with Crippen LogP contribution < -0.4 is 10.2 Å². The summed E-state index contributed by atoms with van der Waals surface area (Å²) in [5, 5.41) is 21.4. The number of halogens is 3. The summed E-state index contributed by atoms with van der Waals surface area (Å²) in [6, 6.07) is 4.83. The third-order valence-corrected chi connectivity index (χ3v) is 5.19. The number of pyridine rings is 1. The first-order valence-electron chi connectivity index (χ1n) is 9.70. The van der Waals surface area contributed by atoms with Gasteiger partial charge >= 0.3 is 6.18 Å². The second-order valence-electron chi connectivity index (χ2n) is 6.98. The summed E-state index contributed by atoms with van der Waals surface area (Å²) < 4.78 is 38.1. The number of nitrogens with one attached hydrogen (secondary N) is 1. The normalized spacial score (nSPS) is 15.2. The van der Waals surface area contributed by atoms with E-state index in [-0.39, 0.29) is 6.04 Å². The maximum Gasteiger partial charge on any atom is 0.417 e. The summed E-state index contributed by atoms with van der Waals surface area (Å²) in [6.07, 6.45) is -0.557. The highest BCUT2D eigenvalue weighted by molar-refractivity contribution is 5.57. The van der Waals surface area contributed by atoms with Crippen molar-refractivity contribution >= 4 is 11.6 Å². The maximum absolute atomic E-state index is 12.7. The fraction of sp³-hybridized carbons (Fsp3) is 0.500. The van der Waals surface area contributed by atoms with Gasteiger partial charge < -0.3 is 10.2 Å². The lowest BCUT2D eigenvalue weighted by molar-refractivity contribution is -0.137.